The quantitative estimate of drug-likeness (QED) is 0.738. The van der Waals surface area contributed by atoms with Crippen molar-refractivity contribution in [2.75, 3.05) is 0 Å². The van der Waals surface area contributed by atoms with E-state index in [0.717, 1.165) is 5.69 Å². The molecule has 0 fully saturated rings. The lowest BCUT2D eigenvalue weighted by Gasteiger charge is -2.03. The topological polar surface area (TPSA) is 72.9 Å². The molecule has 0 unspecified atom stereocenters. The van der Waals surface area contributed by atoms with Gasteiger partial charge in [-0.2, -0.15) is 5.10 Å². The molecule has 0 radical (unpaired) electrons. The Balaban J connectivity index is 2.34. The third-order valence-corrected chi connectivity index (χ3v) is 2.77. The van der Waals surface area contributed by atoms with Gasteiger partial charge in [-0.1, -0.05) is 6.07 Å². The van der Waals surface area contributed by atoms with Gasteiger partial charge in [0.15, 0.2) is 0 Å². The molecule has 3 rings (SSSR count). The van der Waals surface area contributed by atoms with Crippen LogP contribution in [0.5, 0.6) is 0 Å². The third-order valence-electron chi connectivity index (χ3n) is 2.77. The number of fused-ring (bicyclic) bond motifs is 1. The van der Waals surface area contributed by atoms with Crippen molar-refractivity contribution < 1.29 is 9.90 Å². The third kappa shape index (κ3) is 1.46. The number of aromatic carboxylic acids is 1. The minimum absolute atomic E-state index is 0.230. The molecule has 0 aliphatic heterocycles. The smallest absolute Gasteiger partial charge is 0.337 e. The Morgan fingerprint density at radius 1 is 1.39 bits per heavy atom. The van der Waals surface area contributed by atoms with Crippen LogP contribution >= 0.6 is 0 Å². The molecule has 6 heteroatoms. The molecule has 0 saturated carbocycles. The van der Waals surface area contributed by atoms with Crippen LogP contribution in [0.25, 0.3) is 16.7 Å². The number of aromatic nitrogens is 4. The lowest BCUT2D eigenvalue weighted by molar-refractivity contribution is 0.0698. The molecular formula is C12H10N4O2. The van der Waals surface area contributed by atoms with Gasteiger partial charge < -0.3 is 5.11 Å². The highest BCUT2D eigenvalue weighted by atomic mass is 16.4. The van der Waals surface area contributed by atoms with Gasteiger partial charge in [0.25, 0.3) is 0 Å². The lowest BCUT2D eigenvalue weighted by atomic mass is 10.2. The van der Waals surface area contributed by atoms with E-state index in [4.69, 9.17) is 0 Å². The van der Waals surface area contributed by atoms with Crippen LogP contribution in [0.15, 0.2) is 36.9 Å². The van der Waals surface area contributed by atoms with Gasteiger partial charge in [-0.3, -0.25) is 9.25 Å². The molecule has 0 aliphatic carbocycles. The second-order valence-corrected chi connectivity index (χ2v) is 3.97. The van der Waals surface area contributed by atoms with E-state index in [1.807, 2.05) is 0 Å². The zero-order valence-corrected chi connectivity index (χ0v) is 9.61. The molecule has 0 atom stereocenters. The van der Waals surface area contributed by atoms with Gasteiger partial charge in [0.05, 0.1) is 28.5 Å². The number of carboxylic acid groups (broad SMARTS) is 1. The maximum atomic E-state index is 11.2. The second kappa shape index (κ2) is 3.69. The molecule has 2 aromatic heterocycles. The number of imidazole rings is 1. The van der Waals surface area contributed by atoms with Gasteiger partial charge in [0.2, 0.25) is 0 Å². The SMILES string of the molecule is Cn1cc(-n2cnc3cccc(C(=O)O)c32)cn1. The monoisotopic (exact) mass is 242 g/mol. The predicted molar refractivity (Wildman–Crippen MR) is 64.8 cm³/mol. The van der Waals surface area contributed by atoms with Crippen LogP contribution in [-0.4, -0.2) is 30.4 Å². The van der Waals surface area contributed by atoms with Crippen LogP contribution in [-0.2, 0) is 7.05 Å². The molecular weight excluding hydrogens is 232 g/mol. The fraction of sp³-hybridized carbons (Fsp3) is 0.0833. The standard InChI is InChI=1S/C12H10N4O2/c1-15-6-8(5-14-15)16-7-13-10-4-2-3-9(11(10)16)12(17)18/h2-7H,1H3,(H,17,18). The molecule has 0 saturated heterocycles. The summed E-state index contributed by atoms with van der Waals surface area (Å²) in [5.74, 6) is -0.966. The molecule has 90 valence electrons. The van der Waals surface area contributed by atoms with Crippen molar-refractivity contribution in [1.29, 1.82) is 0 Å². The largest absolute Gasteiger partial charge is 0.478 e. The Kier molecular flexibility index (Phi) is 2.16. The lowest BCUT2D eigenvalue weighted by Crippen LogP contribution is -2.01. The number of aryl methyl sites for hydroxylation is 1. The number of rotatable bonds is 2. The number of para-hydroxylation sites is 1. The van der Waals surface area contributed by atoms with Crippen LogP contribution in [0.4, 0.5) is 0 Å². The van der Waals surface area contributed by atoms with Crippen molar-refractivity contribution in [3.8, 4) is 5.69 Å². The van der Waals surface area contributed by atoms with E-state index in [1.54, 1.807) is 53.2 Å². The number of carbonyl (C=O) groups is 1. The zero-order valence-electron chi connectivity index (χ0n) is 9.61. The van der Waals surface area contributed by atoms with Crippen LogP contribution in [0.3, 0.4) is 0 Å². The molecule has 6 nitrogen and oxygen atoms in total. The van der Waals surface area contributed by atoms with Crippen LogP contribution < -0.4 is 0 Å². The first-order chi connectivity index (χ1) is 8.66. The first-order valence-corrected chi connectivity index (χ1v) is 5.35. The van der Waals surface area contributed by atoms with Gasteiger partial charge in [0.1, 0.15) is 6.33 Å². The summed E-state index contributed by atoms with van der Waals surface area (Å²) in [5, 5.41) is 13.3. The van der Waals surface area contributed by atoms with Crippen molar-refractivity contribution in [2.45, 2.75) is 0 Å². The molecule has 0 amide bonds. The van der Waals surface area contributed by atoms with Crippen LogP contribution in [0.1, 0.15) is 10.4 Å². The van der Waals surface area contributed by atoms with Crippen molar-refractivity contribution in [2.24, 2.45) is 7.05 Å². The maximum Gasteiger partial charge on any atom is 0.337 e. The van der Waals surface area contributed by atoms with Gasteiger partial charge in [0, 0.05) is 13.2 Å². The van der Waals surface area contributed by atoms with Crippen molar-refractivity contribution >= 4 is 17.0 Å². The van der Waals surface area contributed by atoms with E-state index in [1.165, 1.54) is 0 Å². The molecule has 0 bridgehead atoms. The summed E-state index contributed by atoms with van der Waals surface area (Å²) >= 11 is 0. The van der Waals surface area contributed by atoms with Crippen molar-refractivity contribution in [3.63, 3.8) is 0 Å². The molecule has 0 aliphatic rings. The first kappa shape index (κ1) is 10.5. The average Bonchev–Trinajstić information content (AvgIpc) is 2.94. The minimum Gasteiger partial charge on any atom is -0.478 e. The van der Waals surface area contributed by atoms with E-state index >= 15 is 0 Å². The highest BCUT2D eigenvalue weighted by Crippen LogP contribution is 2.21. The Morgan fingerprint density at radius 3 is 2.89 bits per heavy atom. The highest BCUT2D eigenvalue weighted by molar-refractivity contribution is 6.01. The predicted octanol–water partition coefficient (Wildman–Crippen LogP) is 1.46. The summed E-state index contributed by atoms with van der Waals surface area (Å²) in [5.41, 5.74) is 2.25. The minimum atomic E-state index is -0.966. The van der Waals surface area contributed by atoms with Crippen molar-refractivity contribution in [3.05, 3.63) is 42.5 Å². The van der Waals surface area contributed by atoms with E-state index in [9.17, 15) is 9.90 Å². The molecule has 2 heterocycles. The van der Waals surface area contributed by atoms with E-state index < -0.39 is 5.97 Å². The van der Waals surface area contributed by atoms with Gasteiger partial charge in [-0.25, -0.2) is 9.78 Å². The van der Waals surface area contributed by atoms with Gasteiger partial charge in [-0.05, 0) is 12.1 Å². The van der Waals surface area contributed by atoms with Gasteiger partial charge >= 0.3 is 5.97 Å². The van der Waals surface area contributed by atoms with Gasteiger partial charge in [-0.15, -0.1) is 0 Å². The fourth-order valence-electron chi connectivity index (χ4n) is 1.97. The zero-order chi connectivity index (χ0) is 12.7. The maximum absolute atomic E-state index is 11.2. The number of hydrogen-bond acceptors (Lipinski definition) is 3. The molecule has 18 heavy (non-hydrogen) atoms. The van der Waals surface area contributed by atoms with Crippen molar-refractivity contribution in [1.82, 2.24) is 19.3 Å². The molecule has 3 aromatic rings. The Labute approximate surface area is 102 Å². The molecule has 1 N–H and O–H groups in total. The van der Waals surface area contributed by atoms with Crippen LogP contribution in [0, 0.1) is 0 Å². The Bertz CT molecular complexity index is 741. The first-order valence-electron chi connectivity index (χ1n) is 5.35. The Hall–Kier alpha value is -2.63. The number of carboxylic acids is 1. The average molecular weight is 242 g/mol. The number of nitrogens with zero attached hydrogens (tertiary/aromatic N) is 4. The van der Waals surface area contributed by atoms with E-state index in [0.29, 0.717) is 11.0 Å². The summed E-state index contributed by atoms with van der Waals surface area (Å²) in [6.07, 6.45) is 5.08. The fourth-order valence-corrected chi connectivity index (χ4v) is 1.97. The summed E-state index contributed by atoms with van der Waals surface area (Å²) in [7, 11) is 1.81. The molecule has 0 spiro atoms. The summed E-state index contributed by atoms with van der Waals surface area (Å²) in [4.78, 5) is 15.4. The molecule has 1 aromatic carbocycles. The summed E-state index contributed by atoms with van der Waals surface area (Å²) in [6.45, 7) is 0. The van der Waals surface area contributed by atoms with Crippen LogP contribution in [0.2, 0.25) is 0 Å². The number of hydrogen-bond donors (Lipinski definition) is 1. The summed E-state index contributed by atoms with van der Waals surface area (Å²) in [6, 6.07) is 5.04. The van der Waals surface area contributed by atoms with E-state index in [2.05, 4.69) is 10.1 Å². The normalized spacial score (nSPS) is 10.9. The second-order valence-electron chi connectivity index (χ2n) is 3.97. The summed E-state index contributed by atoms with van der Waals surface area (Å²) < 4.78 is 3.39. The number of benzene rings is 1. The Morgan fingerprint density at radius 2 is 2.22 bits per heavy atom. The van der Waals surface area contributed by atoms with E-state index in [-0.39, 0.29) is 5.56 Å². The highest BCUT2D eigenvalue weighted by Gasteiger charge is 2.14.